The molecule has 3 aromatic heterocycles. The Labute approximate surface area is 162 Å². The maximum atomic E-state index is 12.1. The van der Waals surface area contributed by atoms with Crippen LogP contribution in [0.5, 0.6) is 0 Å². The number of nitrogen functional groups attached to an aromatic ring is 1. The molecule has 0 bridgehead atoms. The highest BCUT2D eigenvalue weighted by Crippen LogP contribution is 2.31. The summed E-state index contributed by atoms with van der Waals surface area (Å²) in [5.41, 5.74) is 9.65. The molecule has 148 valence electrons. The van der Waals surface area contributed by atoms with E-state index in [4.69, 9.17) is 15.5 Å². The van der Waals surface area contributed by atoms with E-state index in [1.165, 1.54) is 4.90 Å². The fraction of sp³-hybridized carbons (Fsp3) is 0.474. The van der Waals surface area contributed by atoms with Crippen LogP contribution in [0.25, 0.3) is 22.1 Å². The number of hydrogen-bond donors (Lipinski definition) is 2. The smallest absolute Gasteiger partial charge is 0.414 e. The second kappa shape index (κ2) is 7.23. The second-order valence-corrected chi connectivity index (χ2v) is 6.98. The monoisotopic (exact) mass is 384 g/mol. The van der Waals surface area contributed by atoms with Crippen molar-refractivity contribution in [2.45, 2.75) is 45.8 Å². The molecule has 4 heterocycles. The number of anilines is 2. The van der Waals surface area contributed by atoms with E-state index in [0.29, 0.717) is 28.1 Å². The Balaban J connectivity index is 1.88. The molecule has 9 heteroatoms. The summed E-state index contributed by atoms with van der Waals surface area (Å²) < 4.78 is 7.29. The van der Waals surface area contributed by atoms with Crippen molar-refractivity contribution < 1.29 is 14.6 Å². The van der Waals surface area contributed by atoms with Gasteiger partial charge in [0, 0.05) is 13.0 Å². The van der Waals surface area contributed by atoms with Crippen LogP contribution in [0.1, 0.15) is 32.5 Å². The number of hydrogen-bond acceptors (Lipinski definition) is 7. The van der Waals surface area contributed by atoms with Gasteiger partial charge in [-0.2, -0.15) is 0 Å². The maximum absolute atomic E-state index is 12.1. The van der Waals surface area contributed by atoms with Gasteiger partial charge in [-0.1, -0.05) is 13.8 Å². The van der Waals surface area contributed by atoms with E-state index in [1.807, 2.05) is 0 Å². The van der Waals surface area contributed by atoms with Crippen LogP contribution in [0.3, 0.4) is 0 Å². The Hall–Kier alpha value is -2.94. The molecule has 9 nitrogen and oxygen atoms in total. The highest BCUT2D eigenvalue weighted by molar-refractivity contribution is 6.05. The first-order chi connectivity index (χ1) is 13.6. The van der Waals surface area contributed by atoms with E-state index in [1.54, 1.807) is 12.3 Å². The summed E-state index contributed by atoms with van der Waals surface area (Å²) in [7, 11) is 0. The Bertz CT molecular complexity index is 1050. The lowest BCUT2D eigenvalue weighted by Crippen LogP contribution is -2.25. The predicted molar refractivity (Wildman–Crippen MR) is 106 cm³/mol. The number of pyridine rings is 2. The summed E-state index contributed by atoms with van der Waals surface area (Å²) >= 11 is 0. The lowest BCUT2D eigenvalue weighted by molar-refractivity contribution is 0.0963. The molecule has 0 aliphatic carbocycles. The Morgan fingerprint density at radius 1 is 1.29 bits per heavy atom. The highest BCUT2D eigenvalue weighted by Gasteiger charge is 2.32. The van der Waals surface area contributed by atoms with Crippen molar-refractivity contribution in [2.75, 3.05) is 23.8 Å². The molecule has 3 N–H and O–H groups in total. The molecule has 0 aromatic carbocycles. The normalized spacial score (nSPS) is 17.0. The van der Waals surface area contributed by atoms with Gasteiger partial charge in [0.05, 0.1) is 30.6 Å². The zero-order valence-electron chi connectivity index (χ0n) is 16.1. The number of carbonyl (C=O) groups excluding carboxylic acids is 1. The molecule has 28 heavy (non-hydrogen) atoms. The predicted octanol–water partition coefficient (Wildman–Crippen LogP) is 2.24. The Morgan fingerprint density at radius 2 is 2.11 bits per heavy atom. The van der Waals surface area contributed by atoms with Gasteiger partial charge in [0.2, 0.25) is 0 Å². The van der Waals surface area contributed by atoms with Crippen LogP contribution in [0.4, 0.5) is 16.3 Å². The SMILES string of the molecule is CCCc1nc2c(N)nc3cc(N4CC(CO)OC4=O)cnc3c2n1CCC. The number of imidazole rings is 1. The first kappa shape index (κ1) is 18.4. The number of nitrogens with two attached hydrogens (primary N) is 1. The summed E-state index contributed by atoms with van der Waals surface area (Å²) in [6.07, 6.45) is 3.39. The number of aromatic nitrogens is 4. The van der Waals surface area contributed by atoms with Gasteiger partial charge in [-0.25, -0.2) is 14.8 Å². The third-order valence-electron chi connectivity index (χ3n) is 4.92. The van der Waals surface area contributed by atoms with Crippen LogP contribution in [-0.4, -0.2) is 50.0 Å². The molecular weight excluding hydrogens is 360 g/mol. The molecule has 0 spiro atoms. The topological polar surface area (TPSA) is 119 Å². The van der Waals surface area contributed by atoms with Crippen LogP contribution in [0.2, 0.25) is 0 Å². The summed E-state index contributed by atoms with van der Waals surface area (Å²) in [6.45, 7) is 5.12. The van der Waals surface area contributed by atoms with Crippen molar-refractivity contribution >= 4 is 39.7 Å². The molecule has 1 saturated heterocycles. The van der Waals surface area contributed by atoms with Crippen molar-refractivity contribution in [1.82, 2.24) is 19.5 Å². The van der Waals surface area contributed by atoms with Crippen molar-refractivity contribution in [3.05, 3.63) is 18.1 Å². The Morgan fingerprint density at radius 3 is 2.79 bits per heavy atom. The summed E-state index contributed by atoms with van der Waals surface area (Å²) in [5, 5.41) is 9.24. The van der Waals surface area contributed by atoms with Gasteiger partial charge in [-0.3, -0.25) is 9.88 Å². The third-order valence-corrected chi connectivity index (χ3v) is 4.92. The third kappa shape index (κ3) is 2.91. The van der Waals surface area contributed by atoms with Gasteiger partial charge < -0.3 is 20.1 Å². The molecule has 0 saturated carbocycles. The molecular formula is C19H24N6O3. The largest absolute Gasteiger partial charge is 0.441 e. The molecule has 1 amide bonds. The molecule has 4 rings (SSSR count). The number of nitrogens with zero attached hydrogens (tertiary/aromatic N) is 5. The van der Waals surface area contributed by atoms with Gasteiger partial charge in [0.15, 0.2) is 5.82 Å². The zero-order chi connectivity index (χ0) is 19.8. The van der Waals surface area contributed by atoms with Crippen LogP contribution >= 0.6 is 0 Å². The van der Waals surface area contributed by atoms with E-state index in [-0.39, 0.29) is 13.2 Å². The number of rotatable bonds is 6. The minimum absolute atomic E-state index is 0.217. The van der Waals surface area contributed by atoms with E-state index < -0.39 is 12.2 Å². The Kier molecular flexibility index (Phi) is 4.76. The summed E-state index contributed by atoms with van der Waals surface area (Å²) in [6, 6.07) is 1.78. The van der Waals surface area contributed by atoms with E-state index >= 15 is 0 Å². The molecule has 0 radical (unpaired) electrons. The molecule has 1 aliphatic heterocycles. The van der Waals surface area contributed by atoms with E-state index in [2.05, 4.69) is 28.4 Å². The van der Waals surface area contributed by atoms with E-state index in [0.717, 1.165) is 37.1 Å². The summed E-state index contributed by atoms with van der Waals surface area (Å²) in [5.74, 6) is 1.34. The standard InChI is InChI=1S/C19H24N6O3/c1-3-5-14-23-16-17(24(14)6-4-2)15-13(22-18(16)20)7-11(8-21-15)25-9-12(10-26)28-19(25)27/h7-8,12,26H,3-6,9-10H2,1-2H3,(H2,20,22). The number of amides is 1. The van der Waals surface area contributed by atoms with Crippen LogP contribution in [0.15, 0.2) is 12.3 Å². The maximum Gasteiger partial charge on any atom is 0.414 e. The lowest BCUT2D eigenvalue weighted by atomic mass is 10.2. The van der Waals surface area contributed by atoms with Crippen LogP contribution < -0.4 is 10.6 Å². The first-order valence-corrected chi connectivity index (χ1v) is 9.60. The number of aryl methyl sites for hydroxylation is 2. The minimum atomic E-state index is -0.536. The number of fused-ring (bicyclic) bond motifs is 3. The highest BCUT2D eigenvalue weighted by atomic mass is 16.6. The number of ether oxygens (including phenoxy) is 1. The second-order valence-electron chi connectivity index (χ2n) is 6.98. The van der Waals surface area contributed by atoms with Gasteiger partial charge >= 0.3 is 6.09 Å². The fourth-order valence-electron chi connectivity index (χ4n) is 3.66. The quantitative estimate of drug-likeness (QED) is 0.669. The molecule has 3 aromatic rings. The van der Waals surface area contributed by atoms with E-state index in [9.17, 15) is 9.90 Å². The number of cyclic esters (lactones) is 1. The molecule has 1 atom stereocenters. The first-order valence-electron chi connectivity index (χ1n) is 9.60. The fourth-order valence-corrected chi connectivity index (χ4v) is 3.66. The van der Waals surface area contributed by atoms with Crippen LogP contribution in [0, 0.1) is 0 Å². The average Bonchev–Trinajstić information content (AvgIpc) is 3.24. The van der Waals surface area contributed by atoms with Crippen molar-refractivity contribution in [2.24, 2.45) is 0 Å². The lowest BCUT2D eigenvalue weighted by Gasteiger charge is -2.14. The van der Waals surface area contributed by atoms with Gasteiger partial charge in [-0.15, -0.1) is 0 Å². The molecule has 1 fully saturated rings. The van der Waals surface area contributed by atoms with Gasteiger partial charge in [0.25, 0.3) is 0 Å². The molecule has 1 aliphatic rings. The van der Waals surface area contributed by atoms with Crippen molar-refractivity contribution in [3.63, 3.8) is 0 Å². The number of carbonyl (C=O) groups is 1. The van der Waals surface area contributed by atoms with Gasteiger partial charge in [0.1, 0.15) is 28.5 Å². The van der Waals surface area contributed by atoms with Crippen LogP contribution in [-0.2, 0) is 17.7 Å². The summed E-state index contributed by atoms with van der Waals surface area (Å²) in [4.78, 5) is 27.3. The van der Waals surface area contributed by atoms with Gasteiger partial charge in [-0.05, 0) is 18.9 Å². The number of aliphatic hydroxyl groups is 1. The molecule has 1 unspecified atom stereocenters. The average molecular weight is 384 g/mol. The minimum Gasteiger partial charge on any atom is -0.441 e. The van der Waals surface area contributed by atoms with Crippen molar-refractivity contribution in [1.29, 1.82) is 0 Å². The number of aliphatic hydroxyl groups excluding tert-OH is 1. The zero-order valence-corrected chi connectivity index (χ0v) is 16.1. The van der Waals surface area contributed by atoms with Crippen molar-refractivity contribution in [3.8, 4) is 0 Å².